The number of carboxylic acid groups (broad SMARTS) is 1. The van der Waals surface area contributed by atoms with Crippen LogP contribution in [0.2, 0.25) is 0 Å². The fourth-order valence-corrected chi connectivity index (χ4v) is 2.18. The van der Waals surface area contributed by atoms with E-state index in [2.05, 4.69) is 0 Å². The lowest BCUT2D eigenvalue weighted by atomic mass is 9.75. The van der Waals surface area contributed by atoms with Crippen LogP contribution in [0, 0.1) is 0 Å². The SMILES string of the molecule is NC1(CCCC(=O)O)CCCC(F)(F)C1O. The number of halogens is 2. The van der Waals surface area contributed by atoms with Crippen molar-refractivity contribution in [2.75, 3.05) is 0 Å². The number of carbonyl (C=O) groups is 1. The molecule has 0 spiro atoms. The molecule has 4 N–H and O–H groups in total. The van der Waals surface area contributed by atoms with E-state index in [1.807, 2.05) is 0 Å². The highest BCUT2D eigenvalue weighted by Crippen LogP contribution is 2.40. The van der Waals surface area contributed by atoms with Gasteiger partial charge in [0, 0.05) is 18.4 Å². The van der Waals surface area contributed by atoms with Gasteiger partial charge in [0.25, 0.3) is 5.92 Å². The summed E-state index contributed by atoms with van der Waals surface area (Å²) in [6.45, 7) is 0. The van der Waals surface area contributed by atoms with Gasteiger partial charge in [-0.3, -0.25) is 4.79 Å². The normalized spacial score (nSPS) is 33.6. The first-order chi connectivity index (χ1) is 7.28. The summed E-state index contributed by atoms with van der Waals surface area (Å²) in [5.41, 5.74) is 4.39. The van der Waals surface area contributed by atoms with Crippen molar-refractivity contribution in [3.8, 4) is 0 Å². The predicted octanol–water partition coefficient (Wildman–Crippen LogP) is 1.12. The summed E-state index contributed by atoms with van der Waals surface area (Å²) in [5.74, 6) is -4.14. The Kier molecular flexibility index (Phi) is 3.85. The number of aliphatic carboxylic acids is 1. The molecule has 1 fully saturated rings. The Bertz CT molecular complexity index is 273. The molecule has 0 amide bonds. The van der Waals surface area contributed by atoms with Crippen molar-refractivity contribution in [1.82, 2.24) is 0 Å². The van der Waals surface area contributed by atoms with E-state index in [0.29, 0.717) is 6.42 Å². The number of hydrogen-bond donors (Lipinski definition) is 3. The first-order valence-electron chi connectivity index (χ1n) is 5.34. The Morgan fingerprint density at radius 1 is 1.44 bits per heavy atom. The molecular weight excluding hydrogens is 220 g/mol. The lowest BCUT2D eigenvalue weighted by Gasteiger charge is -2.42. The van der Waals surface area contributed by atoms with Crippen LogP contribution in [0.4, 0.5) is 8.78 Å². The lowest BCUT2D eigenvalue weighted by molar-refractivity contribution is -0.164. The number of alkyl halides is 2. The molecule has 16 heavy (non-hydrogen) atoms. The fourth-order valence-electron chi connectivity index (χ4n) is 2.18. The van der Waals surface area contributed by atoms with Crippen LogP contribution in [-0.4, -0.2) is 33.7 Å². The number of nitrogens with two attached hydrogens (primary N) is 1. The highest BCUT2D eigenvalue weighted by Gasteiger charge is 2.52. The van der Waals surface area contributed by atoms with Gasteiger partial charge < -0.3 is 15.9 Å². The molecule has 0 bridgehead atoms. The quantitative estimate of drug-likeness (QED) is 0.684. The summed E-state index contributed by atoms with van der Waals surface area (Å²) >= 11 is 0. The minimum absolute atomic E-state index is 0.107. The van der Waals surface area contributed by atoms with Gasteiger partial charge in [-0.1, -0.05) is 0 Å². The third-order valence-electron chi connectivity index (χ3n) is 3.13. The number of aliphatic hydroxyl groups is 1. The van der Waals surface area contributed by atoms with Crippen LogP contribution >= 0.6 is 0 Å². The minimum Gasteiger partial charge on any atom is -0.481 e. The molecule has 0 aromatic carbocycles. The number of rotatable bonds is 4. The molecular formula is C10H17F2NO3. The molecule has 1 aliphatic rings. The Labute approximate surface area is 92.4 Å². The molecule has 4 nitrogen and oxygen atoms in total. The van der Waals surface area contributed by atoms with Crippen LogP contribution in [0.15, 0.2) is 0 Å². The third-order valence-corrected chi connectivity index (χ3v) is 3.13. The van der Waals surface area contributed by atoms with E-state index in [9.17, 15) is 18.7 Å². The molecule has 2 unspecified atom stereocenters. The van der Waals surface area contributed by atoms with E-state index in [4.69, 9.17) is 10.8 Å². The van der Waals surface area contributed by atoms with Crippen molar-refractivity contribution in [3.05, 3.63) is 0 Å². The zero-order valence-electron chi connectivity index (χ0n) is 8.96. The van der Waals surface area contributed by atoms with Crippen molar-refractivity contribution < 1.29 is 23.8 Å². The highest BCUT2D eigenvalue weighted by atomic mass is 19.3. The van der Waals surface area contributed by atoms with Gasteiger partial charge in [0.15, 0.2) is 0 Å². The standard InChI is InChI=1S/C10H17F2NO3/c11-10(12)6-2-5-9(13,8(10)16)4-1-3-7(14)15/h8,16H,1-6,13H2,(H,14,15). The summed E-state index contributed by atoms with van der Waals surface area (Å²) < 4.78 is 26.5. The van der Waals surface area contributed by atoms with E-state index in [0.717, 1.165) is 0 Å². The molecule has 6 heteroatoms. The topological polar surface area (TPSA) is 83.6 Å². The Morgan fingerprint density at radius 2 is 2.06 bits per heavy atom. The van der Waals surface area contributed by atoms with Crippen LogP contribution in [-0.2, 0) is 4.79 Å². The molecule has 1 saturated carbocycles. The van der Waals surface area contributed by atoms with Gasteiger partial charge in [-0.05, 0) is 25.7 Å². The maximum atomic E-state index is 13.2. The molecule has 0 heterocycles. The second kappa shape index (κ2) is 4.63. The van der Waals surface area contributed by atoms with Gasteiger partial charge >= 0.3 is 5.97 Å². The summed E-state index contributed by atoms with van der Waals surface area (Å²) in [6.07, 6.45) is -1.46. The largest absolute Gasteiger partial charge is 0.481 e. The van der Waals surface area contributed by atoms with Crippen molar-refractivity contribution in [2.24, 2.45) is 5.73 Å². The van der Waals surface area contributed by atoms with Gasteiger partial charge in [-0.15, -0.1) is 0 Å². The third kappa shape index (κ3) is 2.89. The minimum atomic E-state index is -3.16. The van der Waals surface area contributed by atoms with Gasteiger partial charge in [-0.25, -0.2) is 8.78 Å². The van der Waals surface area contributed by atoms with Gasteiger partial charge in [0.2, 0.25) is 0 Å². The van der Waals surface area contributed by atoms with Gasteiger partial charge in [-0.2, -0.15) is 0 Å². The summed E-state index contributed by atoms with van der Waals surface area (Å²) in [4.78, 5) is 10.3. The molecule has 94 valence electrons. The second-order valence-electron chi connectivity index (χ2n) is 4.50. The van der Waals surface area contributed by atoms with E-state index in [-0.39, 0.29) is 32.1 Å². The smallest absolute Gasteiger partial charge is 0.303 e. The maximum Gasteiger partial charge on any atom is 0.303 e. The first kappa shape index (κ1) is 13.3. The predicted molar refractivity (Wildman–Crippen MR) is 53.2 cm³/mol. The fraction of sp³-hybridized carbons (Fsp3) is 0.900. The summed E-state index contributed by atoms with van der Waals surface area (Å²) in [5, 5.41) is 17.9. The summed E-state index contributed by atoms with van der Waals surface area (Å²) in [6, 6.07) is 0. The van der Waals surface area contributed by atoms with E-state index >= 15 is 0 Å². The van der Waals surface area contributed by atoms with Crippen LogP contribution in [0.25, 0.3) is 0 Å². The Morgan fingerprint density at radius 3 is 2.62 bits per heavy atom. The molecule has 1 rings (SSSR count). The van der Waals surface area contributed by atoms with E-state index in [1.165, 1.54) is 0 Å². The molecule has 0 saturated heterocycles. The van der Waals surface area contributed by atoms with Crippen molar-refractivity contribution in [1.29, 1.82) is 0 Å². The van der Waals surface area contributed by atoms with Crippen molar-refractivity contribution in [3.63, 3.8) is 0 Å². The average molecular weight is 237 g/mol. The molecule has 0 aromatic rings. The van der Waals surface area contributed by atoms with Crippen LogP contribution in [0.5, 0.6) is 0 Å². The lowest BCUT2D eigenvalue weighted by Crippen LogP contribution is -2.61. The zero-order chi connectivity index (χ0) is 12.4. The first-order valence-corrected chi connectivity index (χ1v) is 5.34. The van der Waals surface area contributed by atoms with E-state index in [1.54, 1.807) is 0 Å². The average Bonchev–Trinajstić information content (AvgIpc) is 2.13. The van der Waals surface area contributed by atoms with E-state index < -0.39 is 23.5 Å². The van der Waals surface area contributed by atoms with Crippen LogP contribution in [0.1, 0.15) is 38.5 Å². The number of aliphatic hydroxyl groups excluding tert-OH is 1. The number of carboxylic acids is 1. The number of hydrogen-bond acceptors (Lipinski definition) is 3. The Balaban J connectivity index is 2.57. The zero-order valence-corrected chi connectivity index (χ0v) is 8.96. The Hall–Kier alpha value is -0.750. The van der Waals surface area contributed by atoms with Crippen molar-refractivity contribution in [2.45, 2.75) is 56.1 Å². The van der Waals surface area contributed by atoms with Crippen LogP contribution < -0.4 is 5.73 Å². The van der Waals surface area contributed by atoms with Gasteiger partial charge in [0.05, 0.1) is 0 Å². The van der Waals surface area contributed by atoms with Crippen molar-refractivity contribution >= 4 is 5.97 Å². The monoisotopic (exact) mass is 237 g/mol. The maximum absolute atomic E-state index is 13.2. The summed E-state index contributed by atoms with van der Waals surface area (Å²) in [7, 11) is 0. The van der Waals surface area contributed by atoms with Crippen LogP contribution in [0.3, 0.4) is 0 Å². The molecule has 1 aliphatic carbocycles. The van der Waals surface area contributed by atoms with Gasteiger partial charge in [0.1, 0.15) is 6.10 Å². The highest BCUT2D eigenvalue weighted by molar-refractivity contribution is 5.66. The molecule has 2 atom stereocenters. The molecule has 0 radical (unpaired) electrons. The molecule has 0 aromatic heterocycles. The molecule has 0 aliphatic heterocycles. The second-order valence-corrected chi connectivity index (χ2v) is 4.50.